The summed E-state index contributed by atoms with van der Waals surface area (Å²) in [6.07, 6.45) is 5.13. The maximum atomic E-state index is 5.79. The molecule has 0 amide bonds. The van der Waals surface area contributed by atoms with Crippen LogP contribution in [0.1, 0.15) is 46.5 Å². The van der Waals surface area contributed by atoms with E-state index in [1.165, 1.54) is 19.3 Å². The molecule has 18 heavy (non-hydrogen) atoms. The van der Waals surface area contributed by atoms with Gasteiger partial charge in [0.2, 0.25) is 0 Å². The van der Waals surface area contributed by atoms with Crippen molar-refractivity contribution in [2.24, 2.45) is 11.8 Å². The molecular weight excluding hydrogens is 376 g/mol. The Morgan fingerprint density at radius 2 is 1.89 bits per heavy atom. The molecule has 0 aliphatic rings. The fourth-order valence-electron chi connectivity index (χ4n) is 1.81. The summed E-state index contributed by atoms with van der Waals surface area (Å²) in [5.41, 5.74) is 0. The van der Waals surface area contributed by atoms with Crippen LogP contribution >= 0.6 is 43.2 Å². The fourth-order valence-corrected chi connectivity index (χ4v) is 4.47. The van der Waals surface area contributed by atoms with E-state index in [0.29, 0.717) is 0 Å². The molecule has 0 fully saturated rings. The molecule has 4 heteroatoms. The van der Waals surface area contributed by atoms with Gasteiger partial charge in [0.05, 0.1) is 10.4 Å². The highest BCUT2D eigenvalue weighted by Crippen LogP contribution is 2.37. The minimum Gasteiger partial charge on any atom is -0.491 e. The minimum absolute atomic E-state index is 0.754. The van der Waals surface area contributed by atoms with E-state index in [-0.39, 0.29) is 0 Å². The summed E-state index contributed by atoms with van der Waals surface area (Å²) >= 11 is 8.62. The Kier molecular flexibility index (Phi) is 7.89. The van der Waals surface area contributed by atoms with Crippen molar-refractivity contribution < 1.29 is 4.74 Å². The summed E-state index contributed by atoms with van der Waals surface area (Å²) in [6.45, 7) is 7.71. The smallest absolute Gasteiger partial charge is 0.145 e. The van der Waals surface area contributed by atoms with Crippen LogP contribution in [0.15, 0.2) is 13.6 Å². The maximum absolute atomic E-state index is 5.79. The molecule has 0 aliphatic heterocycles. The average Bonchev–Trinajstić information content (AvgIpc) is 2.57. The molecule has 0 radical (unpaired) electrons. The second-order valence-electron chi connectivity index (χ2n) is 5.26. The van der Waals surface area contributed by atoms with Gasteiger partial charge in [0.1, 0.15) is 9.54 Å². The zero-order valence-corrected chi connectivity index (χ0v) is 15.3. The molecule has 1 rings (SSSR count). The molecular formula is C14H22Br2OS. The molecule has 1 nitrogen and oxygen atoms in total. The summed E-state index contributed by atoms with van der Waals surface area (Å²) < 4.78 is 7.97. The second-order valence-corrected chi connectivity index (χ2v) is 9.00. The van der Waals surface area contributed by atoms with Crippen molar-refractivity contribution in [3.63, 3.8) is 0 Å². The van der Waals surface area contributed by atoms with E-state index in [1.807, 2.05) is 6.07 Å². The molecule has 0 spiro atoms. The van der Waals surface area contributed by atoms with Gasteiger partial charge in [-0.05, 0) is 50.1 Å². The van der Waals surface area contributed by atoms with Crippen molar-refractivity contribution in [2.45, 2.75) is 46.5 Å². The van der Waals surface area contributed by atoms with Gasteiger partial charge in [0, 0.05) is 6.07 Å². The Morgan fingerprint density at radius 3 is 2.44 bits per heavy atom. The first-order valence-electron chi connectivity index (χ1n) is 6.56. The van der Waals surface area contributed by atoms with Gasteiger partial charge in [-0.15, -0.1) is 11.3 Å². The van der Waals surface area contributed by atoms with E-state index in [2.05, 4.69) is 52.6 Å². The summed E-state index contributed by atoms with van der Waals surface area (Å²) in [7, 11) is 0. The monoisotopic (exact) mass is 396 g/mol. The van der Waals surface area contributed by atoms with E-state index in [4.69, 9.17) is 4.74 Å². The van der Waals surface area contributed by atoms with E-state index >= 15 is 0 Å². The second kappa shape index (κ2) is 8.60. The third-order valence-corrected chi connectivity index (χ3v) is 5.26. The van der Waals surface area contributed by atoms with Crippen LogP contribution in [0.25, 0.3) is 0 Å². The zero-order valence-electron chi connectivity index (χ0n) is 11.3. The Hall–Kier alpha value is 0.460. The number of thiophene rings is 1. The normalized spacial score (nSPS) is 13.0. The molecule has 0 saturated heterocycles. The third-order valence-electron chi connectivity index (χ3n) is 2.97. The summed E-state index contributed by atoms with van der Waals surface area (Å²) in [5, 5.41) is 0. The maximum Gasteiger partial charge on any atom is 0.145 e. The molecule has 0 saturated carbocycles. The quantitative estimate of drug-likeness (QED) is 0.486. The Balaban J connectivity index is 2.15. The number of hydrogen-bond acceptors (Lipinski definition) is 2. The summed E-state index contributed by atoms with van der Waals surface area (Å²) in [5.74, 6) is 2.54. The summed E-state index contributed by atoms with van der Waals surface area (Å²) in [4.78, 5) is 0. The van der Waals surface area contributed by atoms with Crippen molar-refractivity contribution in [3.05, 3.63) is 13.6 Å². The van der Waals surface area contributed by atoms with Gasteiger partial charge in [0.25, 0.3) is 0 Å². The SMILES string of the molecule is CC(C)CCC[C@H](C)CCOc1cc(Br)sc1Br. The number of ether oxygens (including phenoxy) is 1. The van der Waals surface area contributed by atoms with E-state index in [9.17, 15) is 0 Å². The van der Waals surface area contributed by atoms with Crippen molar-refractivity contribution in [2.75, 3.05) is 6.61 Å². The lowest BCUT2D eigenvalue weighted by Gasteiger charge is -2.12. The van der Waals surface area contributed by atoms with Gasteiger partial charge in [-0.2, -0.15) is 0 Å². The van der Waals surface area contributed by atoms with Crippen LogP contribution in [-0.2, 0) is 0 Å². The van der Waals surface area contributed by atoms with Gasteiger partial charge >= 0.3 is 0 Å². The number of hydrogen-bond donors (Lipinski definition) is 0. The van der Waals surface area contributed by atoms with Crippen molar-refractivity contribution in [3.8, 4) is 5.75 Å². The molecule has 0 aliphatic carbocycles. The standard InChI is InChI=1S/C14H22Br2OS/c1-10(2)5-4-6-11(3)7-8-17-12-9-13(15)18-14(12)16/h9-11H,4-8H2,1-3H3/t11-/m0/s1. The van der Waals surface area contributed by atoms with Crippen LogP contribution in [0, 0.1) is 11.8 Å². The van der Waals surface area contributed by atoms with Crippen LogP contribution in [0.5, 0.6) is 5.75 Å². The zero-order chi connectivity index (χ0) is 13.5. The lowest BCUT2D eigenvalue weighted by atomic mass is 9.98. The number of halogens is 2. The van der Waals surface area contributed by atoms with Gasteiger partial charge in [-0.25, -0.2) is 0 Å². The molecule has 0 aromatic carbocycles. The predicted molar refractivity (Wildman–Crippen MR) is 87.7 cm³/mol. The third kappa shape index (κ3) is 6.58. The summed E-state index contributed by atoms with van der Waals surface area (Å²) in [6, 6.07) is 2.03. The molecule has 1 aromatic rings. The van der Waals surface area contributed by atoms with Crippen LogP contribution in [0.4, 0.5) is 0 Å². The van der Waals surface area contributed by atoms with Crippen molar-refractivity contribution >= 4 is 43.2 Å². The van der Waals surface area contributed by atoms with Crippen LogP contribution in [-0.4, -0.2) is 6.61 Å². The molecule has 1 aromatic heterocycles. The van der Waals surface area contributed by atoms with E-state index in [0.717, 1.165) is 38.2 Å². The van der Waals surface area contributed by atoms with Crippen LogP contribution in [0.3, 0.4) is 0 Å². The first-order valence-corrected chi connectivity index (χ1v) is 8.97. The Bertz CT molecular complexity index is 350. The average molecular weight is 398 g/mol. The molecule has 1 atom stereocenters. The highest BCUT2D eigenvalue weighted by molar-refractivity contribution is 9.12. The van der Waals surface area contributed by atoms with Crippen LogP contribution in [0.2, 0.25) is 0 Å². The van der Waals surface area contributed by atoms with E-state index < -0.39 is 0 Å². The molecule has 0 bridgehead atoms. The van der Waals surface area contributed by atoms with Crippen LogP contribution < -0.4 is 4.74 Å². The molecule has 1 heterocycles. The molecule has 0 unspecified atom stereocenters. The first-order chi connectivity index (χ1) is 8.49. The lowest BCUT2D eigenvalue weighted by Crippen LogP contribution is -2.04. The molecule has 0 N–H and O–H groups in total. The Morgan fingerprint density at radius 1 is 1.17 bits per heavy atom. The Labute approximate surface area is 132 Å². The largest absolute Gasteiger partial charge is 0.491 e. The lowest BCUT2D eigenvalue weighted by molar-refractivity contribution is 0.275. The van der Waals surface area contributed by atoms with Gasteiger partial charge in [-0.1, -0.05) is 40.0 Å². The van der Waals surface area contributed by atoms with Crippen molar-refractivity contribution in [1.82, 2.24) is 0 Å². The molecule has 104 valence electrons. The van der Waals surface area contributed by atoms with Gasteiger partial charge < -0.3 is 4.74 Å². The van der Waals surface area contributed by atoms with Crippen molar-refractivity contribution in [1.29, 1.82) is 0 Å². The first kappa shape index (κ1) is 16.5. The van der Waals surface area contributed by atoms with Gasteiger partial charge in [-0.3, -0.25) is 0 Å². The highest BCUT2D eigenvalue weighted by atomic mass is 79.9. The fraction of sp³-hybridized carbons (Fsp3) is 0.714. The number of rotatable bonds is 8. The minimum atomic E-state index is 0.754. The van der Waals surface area contributed by atoms with E-state index in [1.54, 1.807) is 11.3 Å². The topological polar surface area (TPSA) is 9.23 Å². The highest BCUT2D eigenvalue weighted by Gasteiger charge is 2.08. The van der Waals surface area contributed by atoms with Gasteiger partial charge in [0.15, 0.2) is 0 Å². The predicted octanol–water partition coefficient (Wildman–Crippen LogP) is 6.50.